The van der Waals surface area contributed by atoms with E-state index >= 15 is 0 Å². The van der Waals surface area contributed by atoms with Gasteiger partial charge in [0.2, 0.25) is 5.95 Å². The first kappa shape index (κ1) is 23.9. The zero-order valence-corrected chi connectivity index (χ0v) is 18.3. The molecular weight excluding hydrogens is 382 g/mol. The summed E-state index contributed by atoms with van der Waals surface area (Å²) in [6, 6.07) is 4.44. The van der Waals surface area contributed by atoms with Crippen LogP contribution in [0.15, 0.2) is 18.2 Å². The number of nitrogen functional groups attached to an aromatic ring is 1. The van der Waals surface area contributed by atoms with Gasteiger partial charge in [-0.25, -0.2) is 9.78 Å². The van der Waals surface area contributed by atoms with Crippen molar-refractivity contribution in [3.05, 3.63) is 23.8 Å². The van der Waals surface area contributed by atoms with Gasteiger partial charge in [0.25, 0.3) is 0 Å². The third-order valence-electron chi connectivity index (χ3n) is 4.18. The number of benzene rings is 1. The molecule has 0 atom stereocenters. The molecule has 1 aromatic heterocycles. The lowest BCUT2D eigenvalue weighted by molar-refractivity contribution is 0.0526. The molecule has 0 saturated heterocycles. The highest BCUT2D eigenvalue weighted by molar-refractivity contribution is 7.87. The second-order valence-electron chi connectivity index (χ2n) is 6.07. The van der Waals surface area contributed by atoms with E-state index in [9.17, 15) is 13.2 Å². The summed E-state index contributed by atoms with van der Waals surface area (Å²) >= 11 is 0. The van der Waals surface area contributed by atoms with E-state index in [1.165, 1.54) is 51.9 Å². The fourth-order valence-electron chi connectivity index (χ4n) is 2.49. The Kier molecular flexibility index (Phi) is 8.86. The molecule has 0 fully saturated rings. The monoisotopic (exact) mass is 413 g/mol. The highest BCUT2D eigenvalue weighted by Crippen LogP contribution is 2.22. The van der Waals surface area contributed by atoms with Crippen LogP contribution < -0.4 is 5.73 Å². The van der Waals surface area contributed by atoms with Gasteiger partial charge in [-0.1, -0.05) is 20.8 Å². The minimum Gasteiger partial charge on any atom is -0.462 e. The number of carbonyl (C=O) groups excluding carboxylic acids is 1. The van der Waals surface area contributed by atoms with E-state index in [1.807, 2.05) is 0 Å². The van der Waals surface area contributed by atoms with Gasteiger partial charge < -0.3 is 15.4 Å². The normalized spacial score (nSPS) is 11.6. The van der Waals surface area contributed by atoms with Gasteiger partial charge in [0, 0.05) is 14.1 Å². The molecule has 28 heavy (non-hydrogen) atoms. The van der Waals surface area contributed by atoms with Gasteiger partial charge in [0.05, 0.1) is 23.2 Å². The van der Waals surface area contributed by atoms with Crippen LogP contribution in [0.1, 0.15) is 38.1 Å². The summed E-state index contributed by atoms with van der Waals surface area (Å²) in [4.78, 5) is 18.1. The fourth-order valence-corrected chi connectivity index (χ4v) is 3.49. The van der Waals surface area contributed by atoms with Crippen molar-refractivity contribution in [1.29, 1.82) is 0 Å². The van der Waals surface area contributed by atoms with Crippen LogP contribution in [0, 0.1) is 0 Å². The van der Waals surface area contributed by atoms with Crippen LogP contribution in [-0.4, -0.2) is 72.9 Å². The number of hydrogen-bond donors (Lipinski definition) is 1. The van der Waals surface area contributed by atoms with Crippen LogP contribution >= 0.6 is 0 Å². The van der Waals surface area contributed by atoms with Crippen LogP contribution in [0.4, 0.5) is 5.95 Å². The smallest absolute Gasteiger partial charge is 0.338 e. The molecule has 0 unspecified atom stereocenters. The zero-order chi connectivity index (χ0) is 21.5. The SMILES string of the molecule is CCN(CC)CC.CCOC(=O)c1ccc2nc(N)n(S(=O)(=O)N(C)C)c2c1. The third-order valence-corrected chi connectivity index (χ3v) is 5.95. The van der Waals surface area contributed by atoms with Crippen LogP contribution in [0.5, 0.6) is 0 Å². The molecule has 0 aliphatic heterocycles. The number of nitrogens with zero attached hydrogens (tertiary/aromatic N) is 4. The summed E-state index contributed by atoms with van der Waals surface area (Å²) < 4.78 is 31.4. The van der Waals surface area contributed by atoms with Gasteiger partial charge in [0.1, 0.15) is 0 Å². The van der Waals surface area contributed by atoms with E-state index in [2.05, 4.69) is 30.7 Å². The van der Waals surface area contributed by atoms with E-state index in [1.54, 1.807) is 6.92 Å². The van der Waals surface area contributed by atoms with Gasteiger partial charge in [-0.05, 0) is 44.8 Å². The van der Waals surface area contributed by atoms with Crippen molar-refractivity contribution >= 4 is 33.2 Å². The quantitative estimate of drug-likeness (QED) is 0.689. The van der Waals surface area contributed by atoms with Gasteiger partial charge in [0.15, 0.2) is 0 Å². The number of carbonyl (C=O) groups is 1. The lowest BCUT2D eigenvalue weighted by Gasteiger charge is -2.13. The average molecular weight is 414 g/mol. The number of esters is 1. The van der Waals surface area contributed by atoms with Gasteiger partial charge in [-0.15, -0.1) is 0 Å². The largest absolute Gasteiger partial charge is 0.462 e. The van der Waals surface area contributed by atoms with E-state index < -0.39 is 16.2 Å². The maximum atomic E-state index is 12.3. The molecule has 1 heterocycles. The zero-order valence-electron chi connectivity index (χ0n) is 17.5. The fraction of sp³-hybridized carbons (Fsp3) is 0.556. The van der Waals surface area contributed by atoms with Gasteiger partial charge >= 0.3 is 16.2 Å². The second-order valence-corrected chi connectivity index (χ2v) is 8.06. The van der Waals surface area contributed by atoms with Crippen molar-refractivity contribution in [3.8, 4) is 0 Å². The van der Waals surface area contributed by atoms with E-state index in [0.717, 1.165) is 8.28 Å². The molecule has 0 bridgehead atoms. The van der Waals surface area contributed by atoms with Crippen molar-refractivity contribution in [3.63, 3.8) is 0 Å². The van der Waals surface area contributed by atoms with Crippen LogP contribution in [0.25, 0.3) is 11.0 Å². The Morgan fingerprint density at radius 1 is 1.14 bits per heavy atom. The van der Waals surface area contributed by atoms with Crippen LogP contribution in [0.2, 0.25) is 0 Å². The molecular formula is C18H31N5O4S. The highest BCUT2D eigenvalue weighted by Gasteiger charge is 2.23. The van der Waals surface area contributed by atoms with Gasteiger partial charge in [-0.3, -0.25) is 0 Å². The summed E-state index contributed by atoms with van der Waals surface area (Å²) in [5, 5.41) is 0. The number of fused-ring (bicyclic) bond motifs is 1. The summed E-state index contributed by atoms with van der Waals surface area (Å²) in [5.41, 5.74) is 6.54. The summed E-state index contributed by atoms with van der Waals surface area (Å²) in [7, 11) is -1.07. The summed E-state index contributed by atoms with van der Waals surface area (Å²) in [6.45, 7) is 12.0. The number of hydrogen-bond acceptors (Lipinski definition) is 7. The number of imidazole rings is 1. The van der Waals surface area contributed by atoms with Crippen molar-refractivity contribution in [1.82, 2.24) is 18.2 Å². The predicted molar refractivity (Wildman–Crippen MR) is 112 cm³/mol. The lowest BCUT2D eigenvalue weighted by atomic mass is 10.2. The molecule has 0 saturated carbocycles. The highest BCUT2D eigenvalue weighted by atomic mass is 32.2. The summed E-state index contributed by atoms with van der Waals surface area (Å²) in [5.74, 6) is -0.701. The minimum atomic E-state index is -3.84. The third kappa shape index (κ3) is 5.43. The Labute approximate surface area is 167 Å². The molecule has 158 valence electrons. The maximum absolute atomic E-state index is 12.3. The molecule has 0 amide bonds. The van der Waals surface area contributed by atoms with Crippen molar-refractivity contribution < 1.29 is 17.9 Å². The Bertz CT molecular complexity index is 883. The molecule has 0 aliphatic carbocycles. The average Bonchev–Trinajstić information content (AvgIpc) is 2.99. The first-order valence-electron chi connectivity index (χ1n) is 9.24. The topological polar surface area (TPSA) is 111 Å². The van der Waals surface area contributed by atoms with Crippen LogP contribution in [0.3, 0.4) is 0 Å². The van der Waals surface area contributed by atoms with Crippen molar-refractivity contribution in [2.45, 2.75) is 27.7 Å². The number of anilines is 1. The number of aromatic nitrogens is 2. The predicted octanol–water partition coefficient (Wildman–Crippen LogP) is 1.80. The Morgan fingerprint density at radius 2 is 1.71 bits per heavy atom. The number of ether oxygens (including phenoxy) is 1. The Hall–Kier alpha value is -2.17. The van der Waals surface area contributed by atoms with E-state index in [4.69, 9.17) is 10.5 Å². The number of rotatable bonds is 7. The van der Waals surface area contributed by atoms with Crippen molar-refractivity contribution in [2.75, 3.05) is 46.1 Å². The van der Waals surface area contributed by atoms with Crippen molar-refractivity contribution in [2.24, 2.45) is 0 Å². The Morgan fingerprint density at radius 3 is 2.14 bits per heavy atom. The first-order chi connectivity index (χ1) is 13.1. The molecule has 0 spiro atoms. The van der Waals surface area contributed by atoms with E-state index in [-0.39, 0.29) is 23.6 Å². The minimum absolute atomic E-state index is 0.167. The molecule has 9 nitrogen and oxygen atoms in total. The number of nitrogens with two attached hydrogens (primary N) is 1. The lowest BCUT2D eigenvalue weighted by Crippen LogP contribution is -2.29. The van der Waals surface area contributed by atoms with E-state index in [0.29, 0.717) is 5.52 Å². The standard InChI is InChI=1S/C12H16N4O4S.C6H15N/c1-4-20-11(17)8-5-6-9-10(7-8)16(12(13)14-9)21(18,19)15(2)3;1-4-7(5-2)6-3/h5-7H,4H2,1-3H3,(H2,13,14);4-6H2,1-3H3. The molecule has 0 radical (unpaired) electrons. The molecule has 0 aliphatic rings. The molecule has 2 N–H and O–H groups in total. The first-order valence-corrected chi connectivity index (χ1v) is 10.6. The van der Waals surface area contributed by atoms with Gasteiger partial charge in [-0.2, -0.15) is 16.7 Å². The molecule has 10 heteroatoms. The maximum Gasteiger partial charge on any atom is 0.338 e. The molecule has 2 rings (SSSR count). The molecule has 1 aromatic carbocycles. The van der Waals surface area contributed by atoms with Crippen LogP contribution in [-0.2, 0) is 14.9 Å². The molecule has 2 aromatic rings. The Balaban J connectivity index is 0.000000480. The summed E-state index contributed by atoms with van der Waals surface area (Å²) in [6.07, 6.45) is 0. The second kappa shape index (κ2) is 10.4.